The van der Waals surface area contributed by atoms with Crippen LogP contribution in [0.15, 0.2) is 40.9 Å². The number of aryl methyl sites for hydroxylation is 2. The number of hydrogen-bond acceptors (Lipinski definition) is 6. The Balaban J connectivity index is 1.83. The Morgan fingerprint density at radius 2 is 1.73 bits per heavy atom. The zero-order chi connectivity index (χ0) is 15.5. The van der Waals surface area contributed by atoms with Gasteiger partial charge in [-0.15, -0.1) is 0 Å². The number of aromatic nitrogens is 3. The van der Waals surface area contributed by atoms with Gasteiger partial charge in [-0.05, 0) is 32.0 Å². The molecule has 0 aliphatic rings. The quantitative estimate of drug-likeness (QED) is 0.750. The van der Waals surface area contributed by atoms with Crippen LogP contribution in [0.25, 0.3) is 0 Å². The Labute approximate surface area is 132 Å². The summed E-state index contributed by atoms with van der Waals surface area (Å²) in [6, 6.07) is 11.0. The molecule has 0 bridgehead atoms. The number of anilines is 4. The molecule has 0 fully saturated rings. The van der Waals surface area contributed by atoms with Gasteiger partial charge in [-0.25, -0.2) is 9.97 Å². The third-order valence-electron chi connectivity index (χ3n) is 2.82. The van der Waals surface area contributed by atoms with Crippen LogP contribution in [0.4, 0.5) is 23.1 Å². The van der Waals surface area contributed by atoms with Crippen molar-refractivity contribution in [3.63, 3.8) is 0 Å². The van der Waals surface area contributed by atoms with Crippen molar-refractivity contribution in [2.24, 2.45) is 0 Å². The van der Waals surface area contributed by atoms with Crippen LogP contribution in [0.1, 0.15) is 11.6 Å². The topological polar surface area (TPSA) is 75.9 Å². The van der Waals surface area contributed by atoms with E-state index in [1.165, 1.54) is 0 Å². The van der Waals surface area contributed by atoms with Crippen molar-refractivity contribution < 1.29 is 4.52 Å². The summed E-state index contributed by atoms with van der Waals surface area (Å²) in [7, 11) is 0. The molecule has 2 N–H and O–H groups in total. The molecular formula is C15H14ClN5O. The summed E-state index contributed by atoms with van der Waals surface area (Å²) in [6.45, 7) is 3.65. The zero-order valence-corrected chi connectivity index (χ0v) is 12.8. The van der Waals surface area contributed by atoms with E-state index in [-0.39, 0.29) is 0 Å². The minimum absolute atomic E-state index is 0.601. The van der Waals surface area contributed by atoms with Crippen LogP contribution in [-0.4, -0.2) is 15.1 Å². The van der Waals surface area contributed by atoms with Gasteiger partial charge < -0.3 is 15.2 Å². The lowest BCUT2D eigenvalue weighted by Gasteiger charge is -2.09. The molecule has 0 unspecified atom stereocenters. The Bertz CT molecular complexity index is 802. The van der Waals surface area contributed by atoms with Crippen LogP contribution >= 0.6 is 11.6 Å². The van der Waals surface area contributed by atoms with Crippen LogP contribution in [0.3, 0.4) is 0 Å². The summed E-state index contributed by atoms with van der Waals surface area (Å²) in [5, 5.41) is 10.8. The minimum Gasteiger partial charge on any atom is -0.360 e. The predicted octanol–water partition coefficient (Wildman–Crippen LogP) is 4.22. The van der Waals surface area contributed by atoms with E-state index in [1.807, 2.05) is 38.1 Å². The highest BCUT2D eigenvalue weighted by molar-refractivity contribution is 6.30. The van der Waals surface area contributed by atoms with Crippen molar-refractivity contribution in [2.45, 2.75) is 13.8 Å². The molecule has 2 aromatic heterocycles. The van der Waals surface area contributed by atoms with E-state index in [9.17, 15) is 0 Å². The molecule has 2 heterocycles. The maximum absolute atomic E-state index is 5.98. The molecular weight excluding hydrogens is 302 g/mol. The van der Waals surface area contributed by atoms with Gasteiger partial charge in [0.1, 0.15) is 23.2 Å². The molecule has 0 aliphatic heterocycles. The predicted molar refractivity (Wildman–Crippen MR) is 86.0 cm³/mol. The molecule has 0 amide bonds. The minimum atomic E-state index is 0.601. The highest BCUT2D eigenvalue weighted by Crippen LogP contribution is 2.22. The van der Waals surface area contributed by atoms with Gasteiger partial charge in [0.15, 0.2) is 5.82 Å². The first-order valence-corrected chi connectivity index (χ1v) is 7.05. The lowest BCUT2D eigenvalue weighted by molar-refractivity contribution is 0.400. The van der Waals surface area contributed by atoms with E-state index in [0.717, 1.165) is 11.4 Å². The molecule has 3 rings (SSSR count). The molecule has 6 nitrogen and oxygen atoms in total. The van der Waals surface area contributed by atoms with E-state index in [0.29, 0.717) is 28.3 Å². The molecule has 7 heteroatoms. The van der Waals surface area contributed by atoms with Gasteiger partial charge in [0.25, 0.3) is 0 Å². The normalized spacial score (nSPS) is 10.5. The van der Waals surface area contributed by atoms with Crippen molar-refractivity contribution >= 4 is 34.7 Å². The number of nitrogens with one attached hydrogen (secondary N) is 2. The smallest absolute Gasteiger partial charge is 0.175 e. The van der Waals surface area contributed by atoms with Gasteiger partial charge in [-0.1, -0.05) is 22.8 Å². The fourth-order valence-electron chi connectivity index (χ4n) is 1.97. The zero-order valence-electron chi connectivity index (χ0n) is 12.1. The van der Waals surface area contributed by atoms with Crippen molar-refractivity contribution in [3.8, 4) is 0 Å². The van der Waals surface area contributed by atoms with Crippen molar-refractivity contribution in [1.82, 2.24) is 15.1 Å². The van der Waals surface area contributed by atoms with Crippen molar-refractivity contribution in [1.29, 1.82) is 0 Å². The molecule has 22 heavy (non-hydrogen) atoms. The van der Waals surface area contributed by atoms with Gasteiger partial charge >= 0.3 is 0 Å². The molecule has 0 aliphatic carbocycles. The highest BCUT2D eigenvalue weighted by atomic mass is 35.5. The highest BCUT2D eigenvalue weighted by Gasteiger charge is 2.06. The lowest BCUT2D eigenvalue weighted by atomic mass is 10.3. The van der Waals surface area contributed by atoms with Crippen LogP contribution in [0.2, 0.25) is 5.02 Å². The summed E-state index contributed by atoms with van der Waals surface area (Å²) >= 11 is 5.98. The largest absolute Gasteiger partial charge is 0.360 e. The molecule has 0 radical (unpaired) electrons. The maximum Gasteiger partial charge on any atom is 0.175 e. The summed E-state index contributed by atoms with van der Waals surface area (Å²) in [4.78, 5) is 8.68. The second-order valence-electron chi connectivity index (χ2n) is 4.77. The van der Waals surface area contributed by atoms with Crippen molar-refractivity contribution in [2.75, 3.05) is 10.6 Å². The van der Waals surface area contributed by atoms with Crippen LogP contribution in [-0.2, 0) is 0 Å². The Hall–Kier alpha value is -2.60. The molecule has 0 spiro atoms. The van der Waals surface area contributed by atoms with Gasteiger partial charge in [0, 0.05) is 22.8 Å². The average Bonchev–Trinajstić information content (AvgIpc) is 2.83. The van der Waals surface area contributed by atoms with Gasteiger partial charge in [0.05, 0.1) is 0 Å². The first-order valence-electron chi connectivity index (χ1n) is 6.67. The Morgan fingerprint density at radius 3 is 2.41 bits per heavy atom. The molecule has 0 saturated heterocycles. The molecule has 1 aromatic carbocycles. The van der Waals surface area contributed by atoms with Gasteiger partial charge in [0.2, 0.25) is 0 Å². The van der Waals surface area contributed by atoms with Crippen molar-refractivity contribution in [3.05, 3.63) is 53.0 Å². The molecule has 3 aromatic rings. The van der Waals surface area contributed by atoms with E-state index in [4.69, 9.17) is 16.1 Å². The first-order chi connectivity index (χ1) is 10.6. The number of halogens is 1. The molecule has 0 atom stereocenters. The fraction of sp³-hybridized carbons (Fsp3) is 0.133. The number of nitrogens with zero attached hydrogens (tertiary/aromatic N) is 3. The third kappa shape index (κ3) is 3.53. The van der Waals surface area contributed by atoms with Crippen LogP contribution in [0, 0.1) is 13.8 Å². The second kappa shape index (κ2) is 6.03. The van der Waals surface area contributed by atoms with Crippen LogP contribution < -0.4 is 10.6 Å². The van der Waals surface area contributed by atoms with E-state index >= 15 is 0 Å². The average molecular weight is 316 g/mol. The summed E-state index contributed by atoms with van der Waals surface area (Å²) in [5.41, 5.74) is 0.855. The van der Waals surface area contributed by atoms with E-state index in [2.05, 4.69) is 25.8 Å². The lowest BCUT2D eigenvalue weighted by Crippen LogP contribution is -2.01. The maximum atomic E-state index is 5.98. The second-order valence-corrected chi connectivity index (χ2v) is 5.21. The Morgan fingerprint density at radius 1 is 0.955 bits per heavy atom. The summed E-state index contributed by atoms with van der Waals surface area (Å²) in [6.07, 6.45) is 0. The summed E-state index contributed by atoms with van der Waals surface area (Å²) in [5.74, 6) is 3.26. The standard InChI is InChI=1S/C15H14ClN5O/c1-9-6-15(21-22-9)20-14-8-13(17-10(2)18-14)19-12-5-3-4-11(16)7-12/h3-8H,1-2H3,(H2,17,18,19,20,21). The SMILES string of the molecule is Cc1nc(Nc2cccc(Cl)c2)cc(Nc2cc(C)on2)n1. The fourth-order valence-corrected chi connectivity index (χ4v) is 2.16. The number of rotatable bonds is 4. The summed E-state index contributed by atoms with van der Waals surface area (Å²) < 4.78 is 5.02. The van der Waals surface area contributed by atoms with Gasteiger partial charge in [-0.2, -0.15) is 0 Å². The van der Waals surface area contributed by atoms with Crippen LogP contribution in [0.5, 0.6) is 0 Å². The van der Waals surface area contributed by atoms with E-state index in [1.54, 1.807) is 12.1 Å². The number of hydrogen-bond donors (Lipinski definition) is 2. The first kappa shape index (κ1) is 14.3. The van der Waals surface area contributed by atoms with E-state index < -0.39 is 0 Å². The monoisotopic (exact) mass is 315 g/mol. The van der Waals surface area contributed by atoms with Gasteiger partial charge in [-0.3, -0.25) is 0 Å². The molecule has 112 valence electrons. The third-order valence-corrected chi connectivity index (χ3v) is 3.05. The molecule has 0 saturated carbocycles. The number of benzene rings is 1. The Kier molecular flexibility index (Phi) is 3.93.